The molecular weight excluding hydrogens is 687 g/mol. The molecule has 7 saturated carbocycles. The molecule has 1 unspecified atom stereocenters. The first-order chi connectivity index (χ1) is 25.0. The van der Waals surface area contributed by atoms with Crippen molar-refractivity contribution in [2.75, 3.05) is 13.1 Å². The summed E-state index contributed by atoms with van der Waals surface area (Å²) in [6.07, 6.45) is 18.9. The molecule has 1 aromatic rings. The second-order valence-corrected chi connectivity index (χ2v) is 20.9. The Morgan fingerprint density at radius 2 is 1.57 bits per heavy atom. The number of hydrogen-bond acceptors (Lipinski definition) is 4. The van der Waals surface area contributed by atoms with Crippen LogP contribution in [0.1, 0.15) is 117 Å². The number of aliphatic hydroxyl groups excluding tert-OH is 1. The predicted octanol–water partition coefficient (Wildman–Crippen LogP) is 8.82. The van der Waals surface area contributed by atoms with Crippen LogP contribution in [0.4, 0.5) is 9.18 Å². The van der Waals surface area contributed by atoms with Crippen molar-refractivity contribution in [3.05, 3.63) is 58.4 Å². The summed E-state index contributed by atoms with van der Waals surface area (Å²) in [5.41, 5.74) is -1.90. The van der Waals surface area contributed by atoms with Crippen LogP contribution < -0.4 is 5.32 Å². The molecule has 1 aromatic carbocycles. The highest BCUT2D eigenvalue weighted by Crippen LogP contribution is 2.78. The molecule has 10 aliphatic carbocycles. The van der Waals surface area contributed by atoms with E-state index in [9.17, 15) is 19.8 Å². The van der Waals surface area contributed by atoms with Gasteiger partial charge in [0, 0.05) is 51.4 Å². The molecule has 6 bridgehead atoms. The summed E-state index contributed by atoms with van der Waals surface area (Å²) < 4.78 is 15.2. The molecule has 0 radical (unpaired) electrons. The number of nitrogens with one attached hydrogen (secondary N) is 1. The first-order valence-electron chi connectivity index (χ1n) is 20.9. The van der Waals surface area contributed by atoms with Gasteiger partial charge in [-0.3, -0.25) is 4.79 Å². The van der Waals surface area contributed by atoms with Crippen LogP contribution in [-0.4, -0.2) is 57.8 Å². The number of benzene rings is 1. The standard InChI is InChI=1S/C45H60ClFN2O4/c1-27(2)48-39(52)49(25-42-20-28-16-29(21-42)18-30(17-28)22-42)26-44(53)13-10-38-41(44,4)12-9-37-40(3)11-8-31(50)23-43(40)14-15-45(37,38)33(24-43)36(51)19-32-34(46)6-5-7-35(32)47/h5-7,14-15,24,27-31,37-38,50,53H,8-13,16-23,25-26H2,1-4H3,(H,48,52)/t28?,29?,30?,31?,37-,38-,40-,41+,42?,43+,44-,45-/m1/s1. The van der Waals surface area contributed by atoms with Crippen molar-refractivity contribution in [1.82, 2.24) is 10.2 Å². The monoisotopic (exact) mass is 746 g/mol. The molecule has 0 aliphatic heterocycles. The van der Waals surface area contributed by atoms with Gasteiger partial charge in [0.1, 0.15) is 5.82 Å². The Bertz CT molecular complexity index is 1720. The number of ketones is 1. The summed E-state index contributed by atoms with van der Waals surface area (Å²) in [5.74, 6) is 1.80. The molecule has 0 saturated heterocycles. The van der Waals surface area contributed by atoms with Gasteiger partial charge in [-0.15, -0.1) is 0 Å². The van der Waals surface area contributed by atoms with Crippen molar-refractivity contribution >= 4 is 23.4 Å². The number of rotatable bonds is 8. The average Bonchev–Trinajstić information content (AvgIpc) is 3.35. The molecule has 3 N–H and O–H groups in total. The number of hydrogen-bond donors (Lipinski definition) is 3. The second kappa shape index (κ2) is 12.1. The van der Waals surface area contributed by atoms with Gasteiger partial charge in [0.2, 0.25) is 0 Å². The van der Waals surface area contributed by atoms with E-state index in [1.54, 1.807) is 12.1 Å². The van der Waals surface area contributed by atoms with Crippen LogP contribution in [0, 0.1) is 62.5 Å². The molecule has 288 valence electrons. The van der Waals surface area contributed by atoms with Gasteiger partial charge >= 0.3 is 6.03 Å². The van der Waals surface area contributed by atoms with Crippen molar-refractivity contribution in [3.8, 4) is 0 Å². The first-order valence-corrected chi connectivity index (χ1v) is 21.3. The fraction of sp³-hybridized carbons (Fsp3) is 0.733. The van der Waals surface area contributed by atoms with Crippen LogP contribution in [0.25, 0.3) is 0 Å². The largest absolute Gasteiger partial charge is 0.393 e. The van der Waals surface area contributed by atoms with Crippen LogP contribution >= 0.6 is 11.6 Å². The highest BCUT2D eigenvalue weighted by atomic mass is 35.5. The van der Waals surface area contributed by atoms with Gasteiger partial charge < -0.3 is 20.4 Å². The molecule has 0 heterocycles. The lowest BCUT2D eigenvalue weighted by Crippen LogP contribution is -2.68. The quantitative estimate of drug-likeness (QED) is 0.232. The molecule has 2 amide bonds. The molecule has 8 heteroatoms. The van der Waals surface area contributed by atoms with Crippen molar-refractivity contribution in [1.29, 1.82) is 0 Å². The first kappa shape index (κ1) is 36.4. The Balaban J connectivity index is 1.09. The zero-order valence-electron chi connectivity index (χ0n) is 32.2. The molecule has 6 nitrogen and oxygen atoms in total. The summed E-state index contributed by atoms with van der Waals surface area (Å²) in [6, 6.07) is 4.49. The number of amides is 2. The van der Waals surface area contributed by atoms with Crippen molar-refractivity contribution in [3.63, 3.8) is 0 Å². The van der Waals surface area contributed by atoms with Crippen LogP contribution in [0.2, 0.25) is 5.02 Å². The van der Waals surface area contributed by atoms with Gasteiger partial charge in [-0.2, -0.15) is 0 Å². The molecule has 53 heavy (non-hydrogen) atoms. The van der Waals surface area contributed by atoms with E-state index in [0.717, 1.165) is 55.4 Å². The summed E-state index contributed by atoms with van der Waals surface area (Å²) in [6.45, 7) is 9.61. The highest BCUT2D eigenvalue weighted by molar-refractivity contribution is 6.31. The summed E-state index contributed by atoms with van der Waals surface area (Å²) in [5, 5.41) is 27.8. The maximum Gasteiger partial charge on any atom is 0.317 e. The van der Waals surface area contributed by atoms with E-state index in [4.69, 9.17) is 11.6 Å². The number of nitrogens with zero attached hydrogens (tertiary/aromatic N) is 1. The lowest BCUT2D eigenvalue weighted by molar-refractivity contribution is -0.179. The number of carbonyl (C=O) groups excluding carboxylic acids is 2. The Morgan fingerprint density at radius 1 is 0.925 bits per heavy atom. The molecule has 8 atom stereocenters. The maximum atomic E-state index is 15.2. The van der Waals surface area contributed by atoms with Gasteiger partial charge in [0.05, 0.1) is 18.2 Å². The molecule has 2 spiro atoms. The lowest BCUT2D eigenvalue weighted by Gasteiger charge is -2.71. The van der Waals surface area contributed by atoms with Gasteiger partial charge in [0.15, 0.2) is 5.78 Å². The Morgan fingerprint density at radius 3 is 2.23 bits per heavy atom. The van der Waals surface area contributed by atoms with E-state index < -0.39 is 33.8 Å². The Labute approximate surface area is 320 Å². The van der Waals surface area contributed by atoms with E-state index in [1.165, 1.54) is 44.6 Å². The zero-order valence-corrected chi connectivity index (χ0v) is 33.0. The number of carbonyl (C=O) groups is 2. The minimum Gasteiger partial charge on any atom is -0.393 e. The fourth-order valence-electron chi connectivity index (χ4n) is 15.4. The van der Waals surface area contributed by atoms with E-state index in [0.29, 0.717) is 19.4 Å². The average molecular weight is 747 g/mol. The van der Waals surface area contributed by atoms with Crippen molar-refractivity contribution in [2.24, 2.45) is 56.7 Å². The van der Waals surface area contributed by atoms with Gasteiger partial charge in [-0.1, -0.05) is 49.7 Å². The number of halogens is 2. The minimum atomic E-state index is -1.14. The third-order valence-electron chi connectivity index (χ3n) is 17.3. The normalized spacial score (nSPS) is 45.8. The number of fused-ring (bicyclic) bond motifs is 1. The molecule has 11 rings (SSSR count). The van der Waals surface area contributed by atoms with Crippen molar-refractivity contribution in [2.45, 2.75) is 135 Å². The Kier molecular flexibility index (Phi) is 8.34. The highest BCUT2D eigenvalue weighted by Gasteiger charge is 2.74. The summed E-state index contributed by atoms with van der Waals surface area (Å²) in [4.78, 5) is 31.0. The van der Waals surface area contributed by atoms with Crippen LogP contribution in [-0.2, 0) is 11.2 Å². The van der Waals surface area contributed by atoms with E-state index in [2.05, 4.69) is 37.4 Å². The molecule has 7 fully saturated rings. The van der Waals surface area contributed by atoms with Crippen LogP contribution in [0.5, 0.6) is 0 Å². The zero-order chi connectivity index (χ0) is 37.3. The summed E-state index contributed by atoms with van der Waals surface area (Å²) >= 11 is 6.51. The van der Waals surface area contributed by atoms with Gasteiger partial charge in [-0.25, -0.2) is 9.18 Å². The third-order valence-corrected chi connectivity index (χ3v) is 17.6. The number of Topliss-reactive ketones (excluding diaryl/α,β-unsaturated/α-hetero) is 1. The SMILES string of the molecule is CC(C)NC(=O)N(CC12CC3CC(CC(C3)C1)C2)C[C@]1(O)CC[C@H]2[C@]34C=C[C@@]5(C=C3C(=O)Cc3c(F)cccc3Cl)CC(O)CC[C@]5(C)[C@H]4CC[C@@]21C. The van der Waals surface area contributed by atoms with E-state index in [1.807, 2.05) is 18.7 Å². The maximum absolute atomic E-state index is 15.2. The smallest absolute Gasteiger partial charge is 0.317 e. The van der Waals surface area contributed by atoms with Crippen LogP contribution in [0.15, 0.2) is 42.0 Å². The van der Waals surface area contributed by atoms with E-state index in [-0.39, 0.29) is 64.1 Å². The summed E-state index contributed by atoms with van der Waals surface area (Å²) in [7, 11) is 0. The number of aliphatic hydroxyl groups is 2. The minimum absolute atomic E-state index is 0.0106. The van der Waals surface area contributed by atoms with Crippen LogP contribution in [0.3, 0.4) is 0 Å². The van der Waals surface area contributed by atoms with E-state index >= 15 is 4.39 Å². The lowest BCUT2D eigenvalue weighted by atomic mass is 9.32. The molecular formula is C45H60ClFN2O4. The predicted molar refractivity (Wildman–Crippen MR) is 205 cm³/mol. The number of urea groups is 1. The number of allylic oxidation sites excluding steroid dienone is 4. The second-order valence-electron chi connectivity index (χ2n) is 20.5. The Hall–Kier alpha value is -2.22. The van der Waals surface area contributed by atoms with Crippen molar-refractivity contribution < 1.29 is 24.2 Å². The molecule has 0 aromatic heterocycles. The van der Waals surface area contributed by atoms with Gasteiger partial charge in [0.25, 0.3) is 0 Å². The molecule has 10 aliphatic rings. The topological polar surface area (TPSA) is 89.9 Å². The fourth-order valence-corrected chi connectivity index (χ4v) is 15.6. The third kappa shape index (κ3) is 5.20. The van der Waals surface area contributed by atoms with Gasteiger partial charge in [-0.05, 0) is 150 Å².